The summed E-state index contributed by atoms with van der Waals surface area (Å²) in [5.41, 5.74) is 3.34. The molecule has 7 heterocycles. The monoisotopic (exact) mass is 974 g/mol. The van der Waals surface area contributed by atoms with Crippen LogP contribution in [-0.2, 0) is 14.8 Å². The van der Waals surface area contributed by atoms with Crippen molar-refractivity contribution in [3.05, 3.63) is 100.0 Å². The van der Waals surface area contributed by atoms with Crippen molar-refractivity contribution in [2.24, 2.45) is 5.41 Å². The van der Waals surface area contributed by atoms with Crippen molar-refractivity contribution in [3.63, 3.8) is 0 Å². The first-order valence-corrected chi connectivity index (χ1v) is 26.1. The molecule has 4 N–H and O–H groups in total. The lowest BCUT2D eigenvalue weighted by Crippen LogP contribution is -2.55. The predicted octanol–water partition coefficient (Wildman–Crippen LogP) is 9.03. The van der Waals surface area contributed by atoms with Crippen molar-refractivity contribution in [1.82, 2.24) is 29.6 Å². The molecule has 0 unspecified atom stereocenters. The second-order valence-corrected chi connectivity index (χ2v) is 21.9. The van der Waals surface area contributed by atoms with Crippen molar-refractivity contribution in [2.75, 3.05) is 67.7 Å². The molecule has 19 heteroatoms. The third kappa shape index (κ3) is 8.48. The van der Waals surface area contributed by atoms with Gasteiger partial charge in [-0.05, 0) is 104 Å². The van der Waals surface area contributed by atoms with Gasteiger partial charge < -0.3 is 34.6 Å². The predicted molar refractivity (Wildman–Crippen MR) is 266 cm³/mol. The van der Waals surface area contributed by atoms with Crippen LogP contribution in [0.4, 0.5) is 32.8 Å². The fourth-order valence-electron chi connectivity index (χ4n) is 11.9. The van der Waals surface area contributed by atoms with E-state index >= 15 is 4.39 Å². The minimum absolute atomic E-state index is 0.0131. The maximum absolute atomic E-state index is 15.6. The van der Waals surface area contributed by atoms with Crippen LogP contribution in [0.5, 0.6) is 5.88 Å². The number of anilines is 4. The number of aromatic nitrogens is 4. The third-order valence-electron chi connectivity index (χ3n) is 15.7. The number of nitrogens with zero attached hydrogens (tertiary/aromatic N) is 6. The minimum Gasteiger partial charge on any atom is -0.476 e. The Morgan fingerprint density at radius 2 is 1.77 bits per heavy atom. The molecule has 1 aliphatic carbocycles. The van der Waals surface area contributed by atoms with E-state index in [1.54, 1.807) is 12.3 Å². The fourth-order valence-corrected chi connectivity index (χ4v) is 13.0. The Morgan fingerprint density at radius 3 is 2.56 bits per heavy atom. The number of amides is 1. The van der Waals surface area contributed by atoms with E-state index in [0.717, 1.165) is 49.6 Å². The van der Waals surface area contributed by atoms with Gasteiger partial charge in [-0.15, -0.1) is 0 Å². The number of carbonyl (C=O) groups excluding carboxylic acids is 1. The Kier molecular flexibility index (Phi) is 11.9. The van der Waals surface area contributed by atoms with Crippen LogP contribution in [0.1, 0.15) is 105 Å². The number of fused-ring (bicyclic) bond motifs is 3. The second kappa shape index (κ2) is 18.1. The molecular weight excluding hydrogens is 916 g/mol. The summed E-state index contributed by atoms with van der Waals surface area (Å²) in [6.07, 6.45) is 10.6. The van der Waals surface area contributed by atoms with E-state index in [0.29, 0.717) is 60.5 Å². The number of piperidine rings is 1. The van der Waals surface area contributed by atoms with Crippen LogP contribution in [0.2, 0.25) is 0 Å². The Labute approximate surface area is 405 Å². The summed E-state index contributed by atoms with van der Waals surface area (Å²) in [6.45, 7) is 8.34. The highest BCUT2D eigenvalue weighted by Crippen LogP contribution is 2.54. The second-order valence-electron chi connectivity index (χ2n) is 20.2. The SMILES string of the molecule is CC(C)c1ccccc1[C@@H]1CCCN1C1CC2(CCN(c3ccc(C(=O)NS(=O)(=O)c4cc([N+](=O)[O-])c(NCC5(F)CCOCC5)c5[nH]cnc45)c(N4CCCOc5nc6[nH]ccc6cc54)c3)CC2)C1. The molecule has 5 aliphatic rings. The van der Waals surface area contributed by atoms with Crippen molar-refractivity contribution < 1.29 is 32.0 Å². The fraction of sp³-hybridized carbons (Fsp3) is 0.471. The number of rotatable bonds is 12. The number of imidazole rings is 1. The lowest BCUT2D eigenvalue weighted by Gasteiger charge is -2.56. The number of nitro groups is 1. The summed E-state index contributed by atoms with van der Waals surface area (Å²) in [5.74, 6) is -0.0816. The Hall–Kier alpha value is -6.31. The van der Waals surface area contributed by atoms with E-state index in [4.69, 9.17) is 14.5 Å². The first-order valence-electron chi connectivity index (χ1n) is 24.6. The number of ether oxygens (including phenoxy) is 2. The van der Waals surface area contributed by atoms with E-state index < -0.39 is 37.1 Å². The molecule has 3 saturated heterocycles. The van der Waals surface area contributed by atoms with Crippen LogP contribution in [-0.4, -0.2) is 108 Å². The van der Waals surface area contributed by atoms with Crippen LogP contribution in [0.25, 0.3) is 22.1 Å². The molecule has 70 heavy (non-hydrogen) atoms. The van der Waals surface area contributed by atoms with Gasteiger partial charge in [0.25, 0.3) is 21.6 Å². The molecule has 1 spiro atoms. The van der Waals surface area contributed by atoms with Crippen LogP contribution >= 0.6 is 0 Å². The van der Waals surface area contributed by atoms with E-state index in [9.17, 15) is 23.3 Å². The van der Waals surface area contributed by atoms with Crippen molar-refractivity contribution >= 4 is 66.4 Å². The molecule has 368 valence electrons. The van der Waals surface area contributed by atoms with Gasteiger partial charge in [0, 0.05) is 87.7 Å². The number of nitrogens with one attached hydrogen (secondary N) is 4. The van der Waals surface area contributed by atoms with Gasteiger partial charge in [0.1, 0.15) is 33.1 Å². The summed E-state index contributed by atoms with van der Waals surface area (Å²) in [4.78, 5) is 47.9. The molecule has 3 aromatic heterocycles. The van der Waals surface area contributed by atoms with E-state index in [2.05, 4.69) is 72.9 Å². The number of hydrogen-bond acceptors (Lipinski definition) is 13. The lowest BCUT2D eigenvalue weighted by molar-refractivity contribution is -0.384. The maximum Gasteiger partial charge on any atom is 0.296 e. The number of alkyl halides is 1. The number of carbonyl (C=O) groups is 1. The van der Waals surface area contributed by atoms with Crippen molar-refractivity contribution in [1.29, 1.82) is 0 Å². The number of pyridine rings is 1. The number of H-pyrrole nitrogens is 2. The van der Waals surface area contributed by atoms with E-state index in [1.165, 1.54) is 43.1 Å². The molecule has 6 aromatic rings. The molecular formula is C51H59FN10O7S. The number of likely N-dealkylation sites (tertiary alicyclic amines) is 1. The van der Waals surface area contributed by atoms with Gasteiger partial charge in [-0.1, -0.05) is 38.1 Å². The van der Waals surface area contributed by atoms with Gasteiger partial charge in [-0.25, -0.2) is 22.5 Å². The average molecular weight is 975 g/mol. The zero-order valence-corrected chi connectivity index (χ0v) is 40.3. The first kappa shape index (κ1) is 46.1. The summed E-state index contributed by atoms with van der Waals surface area (Å²) in [7, 11) is -4.82. The molecule has 3 aromatic carbocycles. The van der Waals surface area contributed by atoms with Crippen LogP contribution in [0, 0.1) is 15.5 Å². The zero-order valence-electron chi connectivity index (χ0n) is 39.5. The van der Waals surface area contributed by atoms with Gasteiger partial charge in [0.05, 0.1) is 34.6 Å². The van der Waals surface area contributed by atoms with Crippen molar-refractivity contribution in [2.45, 2.75) is 100 Å². The number of benzene rings is 3. The van der Waals surface area contributed by atoms with Crippen LogP contribution < -0.4 is 24.6 Å². The van der Waals surface area contributed by atoms with Gasteiger partial charge in [-0.3, -0.25) is 19.8 Å². The lowest BCUT2D eigenvalue weighted by atomic mass is 9.59. The molecule has 0 radical (unpaired) electrons. The van der Waals surface area contributed by atoms with Gasteiger partial charge in [-0.2, -0.15) is 4.98 Å². The first-order chi connectivity index (χ1) is 33.8. The number of aromatic amines is 2. The molecule has 1 amide bonds. The Morgan fingerprint density at radius 1 is 0.971 bits per heavy atom. The molecule has 17 nitrogen and oxygen atoms in total. The van der Waals surface area contributed by atoms with Gasteiger partial charge in [0.2, 0.25) is 5.88 Å². The molecule has 1 saturated carbocycles. The number of sulfonamides is 1. The number of nitro benzene ring substituents is 1. The normalized spacial score (nSPS) is 20.6. The topological polar surface area (TPSA) is 204 Å². The summed E-state index contributed by atoms with van der Waals surface area (Å²) < 4.78 is 58.2. The molecule has 4 aliphatic heterocycles. The largest absolute Gasteiger partial charge is 0.476 e. The van der Waals surface area contributed by atoms with E-state index in [1.807, 2.05) is 29.2 Å². The zero-order chi connectivity index (χ0) is 48.4. The Bertz CT molecular complexity index is 3080. The Balaban J connectivity index is 0.873. The average Bonchev–Trinajstić information content (AvgIpc) is 4.12. The molecule has 1 atom stereocenters. The quantitative estimate of drug-likeness (QED) is 0.0669. The third-order valence-corrected chi connectivity index (χ3v) is 17.0. The van der Waals surface area contributed by atoms with Gasteiger partial charge >= 0.3 is 0 Å². The minimum atomic E-state index is -4.82. The molecule has 4 fully saturated rings. The summed E-state index contributed by atoms with van der Waals surface area (Å²) in [5, 5.41) is 16.2. The smallest absolute Gasteiger partial charge is 0.296 e. The number of hydrogen-bond donors (Lipinski definition) is 4. The molecule has 0 bridgehead atoms. The van der Waals surface area contributed by atoms with E-state index in [-0.39, 0.29) is 60.3 Å². The highest BCUT2D eigenvalue weighted by molar-refractivity contribution is 7.90. The number of halogens is 1. The van der Waals surface area contributed by atoms with Gasteiger partial charge in [0.15, 0.2) is 0 Å². The highest BCUT2D eigenvalue weighted by Gasteiger charge is 2.50. The summed E-state index contributed by atoms with van der Waals surface area (Å²) >= 11 is 0. The highest BCUT2D eigenvalue weighted by atomic mass is 32.2. The maximum atomic E-state index is 15.6. The van der Waals surface area contributed by atoms with Crippen molar-refractivity contribution in [3.8, 4) is 5.88 Å². The molecule has 11 rings (SSSR count). The standard InChI is InChI=1S/C51H59FN10O7S/c1-32(2)36-7-3-4-8-37(36)39-9-5-18-60(39)35-28-50(29-35)13-20-59(21-14-50)34-10-11-38(40(26-34)61-19-6-22-69-49-42(61)25-33-12-17-53-47(33)57-49)48(63)58-70(66,67)43-27-41(62(64)65)44(46-45(43)55-31-56-46)54-30-51(52)15-23-68-24-16-51/h3-4,7-8,10-12,17,25-27,31-32,35,39,54H,5-6,9,13-16,18-24,28-30H2,1-2H3,(H,53,57)(H,55,56)(H,58,63)/t39-/m0/s1. The summed E-state index contributed by atoms with van der Waals surface area (Å²) in [6, 6.07) is 20.2. The van der Waals surface area contributed by atoms with Crippen LogP contribution in [0.3, 0.4) is 0 Å². The van der Waals surface area contributed by atoms with Crippen LogP contribution in [0.15, 0.2) is 78.1 Å².